The number of furan rings is 1. The number of anilines is 1. The Morgan fingerprint density at radius 1 is 1.23 bits per heavy atom. The molecule has 0 saturated carbocycles. The number of benzene rings is 2. The largest absolute Gasteiger partial charge is 0.493 e. The molecule has 3 rings (SSSR count). The van der Waals surface area contributed by atoms with Crippen LogP contribution in [0.3, 0.4) is 0 Å². The van der Waals surface area contributed by atoms with Crippen LogP contribution >= 0.6 is 0 Å². The quantitative estimate of drug-likeness (QED) is 0.687. The first-order valence-electron chi connectivity index (χ1n) is 7.89. The van der Waals surface area contributed by atoms with Crippen LogP contribution in [-0.4, -0.2) is 32.3 Å². The fraction of sp³-hybridized carbons (Fsp3) is 0.150. The topological polar surface area (TPSA) is 62.9 Å². The van der Waals surface area contributed by atoms with E-state index in [4.69, 9.17) is 14.3 Å². The second-order valence-electron chi connectivity index (χ2n) is 5.98. The monoisotopic (exact) mass is 355 g/mol. The highest BCUT2D eigenvalue weighted by molar-refractivity contribution is 5.91. The summed E-state index contributed by atoms with van der Waals surface area (Å²) >= 11 is 0. The van der Waals surface area contributed by atoms with E-state index in [0.29, 0.717) is 28.3 Å². The molecule has 2 aromatic carbocycles. The molecule has 0 bridgehead atoms. The zero-order valence-electron chi connectivity index (χ0n) is 14.6. The molecule has 3 aromatic rings. The predicted molar refractivity (Wildman–Crippen MR) is 99.2 cm³/mol. The van der Waals surface area contributed by atoms with Crippen LogP contribution in [0.5, 0.6) is 5.75 Å². The number of carbonyl (C=O) groups is 1. The third kappa shape index (κ3) is 3.39. The molecule has 6 heteroatoms. The van der Waals surface area contributed by atoms with Crippen LogP contribution in [0.25, 0.3) is 28.4 Å². The van der Waals surface area contributed by atoms with E-state index in [9.17, 15) is 9.18 Å². The summed E-state index contributed by atoms with van der Waals surface area (Å²) in [6.45, 7) is 0. The van der Waals surface area contributed by atoms with Crippen LogP contribution in [0.4, 0.5) is 10.1 Å². The summed E-state index contributed by atoms with van der Waals surface area (Å²) in [4.78, 5) is 12.4. The van der Waals surface area contributed by atoms with Crippen molar-refractivity contribution in [1.82, 2.24) is 0 Å². The summed E-state index contributed by atoms with van der Waals surface area (Å²) < 4.78 is 25.2. The third-order valence-electron chi connectivity index (χ3n) is 3.96. The van der Waals surface area contributed by atoms with Gasteiger partial charge in [-0.25, -0.2) is 9.18 Å². The predicted octanol–water partition coefficient (Wildman–Crippen LogP) is 4.41. The first kappa shape index (κ1) is 17.5. The first-order chi connectivity index (χ1) is 12.4. The van der Waals surface area contributed by atoms with Gasteiger partial charge in [0.15, 0.2) is 11.3 Å². The maximum absolute atomic E-state index is 13.9. The van der Waals surface area contributed by atoms with Crippen LogP contribution in [0, 0.1) is 5.82 Å². The van der Waals surface area contributed by atoms with Crippen molar-refractivity contribution in [3.63, 3.8) is 0 Å². The number of fused-ring (bicyclic) bond motifs is 1. The molecule has 0 unspecified atom stereocenters. The highest BCUT2D eigenvalue weighted by Gasteiger charge is 2.14. The van der Waals surface area contributed by atoms with E-state index in [0.717, 1.165) is 17.0 Å². The number of hydrogen-bond acceptors (Lipinski definition) is 4. The Kier molecular flexibility index (Phi) is 4.67. The molecule has 1 heterocycles. The minimum atomic E-state index is -1.03. The molecule has 0 fully saturated rings. The highest BCUT2D eigenvalue weighted by atomic mass is 19.1. The molecule has 0 aliphatic heterocycles. The highest BCUT2D eigenvalue weighted by Crippen LogP contribution is 2.36. The average molecular weight is 355 g/mol. The van der Waals surface area contributed by atoms with Crippen molar-refractivity contribution in [1.29, 1.82) is 0 Å². The van der Waals surface area contributed by atoms with E-state index in [1.807, 2.05) is 6.07 Å². The summed E-state index contributed by atoms with van der Waals surface area (Å²) in [7, 11) is 5.06. The molecular formula is C20H18FNO4. The number of methoxy groups -OCH3 is 1. The van der Waals surface area contributed by atoms with Gasteiger partial charge in [0.1, 0.15) is 11.6 Å². The van der Waals surface area contributed by atoms with Crippen LogP contribution in [0.2, 0.25) is 0 Å². The number of halogens is 1. The Labute approximate surface area is 149 Å². The van der Waals surface area contributed by atoms with Gasteiger partial charge in [-0.2, -0.15) is 0 Å². The third-order valence-corrected chi connectivity index (χ3v) is 3.96. The molecule has 0 saturated heterocycles. The van der Waals surface area contributed by atoms with E-state index in [2.05, 4.69) is 0 Å². The Balaban J connectivity index is 2.12. The van der Waals surface area contributed by atoms with Gasteiger partial charge in [0, 0.05) is 31.1 Å². The normalized spacial score (nSPS) is 11.2. The summed E-state index contributed by atoms with van der Waals surface area (Å²) in [5.41, 5.74) is 2.42. The zero-order chi connectivity index (χ0) is 18.8. The lowest BCUT2D eigenvalue weighted by Gasteiger charge is -2.14. The molecule has 0 aliphatic carbocycles. The number of hydrogen-bond donors (Lipinski definition) is 1. The number of ether oxygens (including phenoxy) is 1. The Morgan fingerprint density at radius 2 is 2.00 bits per heavy atom. The fourth-order valence-corrected chi connectivity index (χ4v) is 2.71. The smallest absolute Gasteiger partial charge is 0.328 e. The standard InChI is InChI=1S/C20H18FNO4/c1-22(2)16-10-13(5-6-15(16)21)17-11-14-8-12(4-7-19(23)24)9-18(25-3)20(14)26-17/h4-11H,1-3H3,(H,23,24)/b7-4+. The van der Waals surface area contributed by atoms with Gasteiger partial charge < -0.3 is 19.2 Å². The molecule has 1 N–H and O–H groups in total. The van der Waals surface area contributed by atoms with Crippen molar-refractivity contribution in [3.8, 4) is 17.1 Å². The lowest BCUT2D eigenvalue weighted by molar-refractivity contribution is -0.131. The number of carboxylic acid groups (broad SMARTS) is 1. The van der Waals surface area contributed by atoms with Gasteiger partial charge in [0.05, 0.1) is 12.8 Å². The second-order valence-corrected chi connectivity index (χ2v) is 5.98. The van der Waals surface area contributed by atoms with Crippen molar-refractivity contribution in [2.45, 2.75) is 0 Å². The molecular weight excluding hydrogens is 337 g/mol. The molecule has 0 atom stereocenters. The van der Waals surface area contributed by atoms with Crippen molar-refractivity contribution in [3.05, 3.63) is 53.9 Å². The Morgan fingerprint density at radius 3 is 2.65 bits per heavy atom. The van der Waals surface area contributed by atoms with Crippen molar-refractivity contribution < 1.29 is 23.4 Å². The SMILES string of the molecule is COc1cc(/C=C/C(=O)O)cc2cc(-c3ccc(F)c(N(C)C)c3)oc12. The molecule has 0 aliphatic rings. The lowest BCUT2D eigenvalue weighted by Crippen LogP contribution is -2.10. The Hall–Kier alpha value is -3.28. The average Bonchev–Trinajstić information content (AvgIpc) is 3.03. The van der Waals surface area contributed by atoms with Crippen molar-refractivity contribution in [2.24, 2.45) is 0 Å². The van der Waals surface area contributed by atoms with E-state index in [-0.39, 0.29) is 5.82 Å². The summed E-state index contributed by atoms with van der Waals surface area (Å²) in [5, 5.41) is 9.55. The molecule has 0 radical (unpaired) electrons. The molecule has 26 heavy (non-hydrogen) atoms. The number of carboxylic acids is 1. The minimum absolute atomic E-state index is 0.312. The van der Waals surface area contributed by atoms with Crippen LogP contribution < -0.4 is 9.64 Å². The van der Waals surface area contributed by atoms with Gasteiger partial charge in [-0.05, 0) is 48.0 Å². The summed E-state index contributed by atoms with van der Waals surface area (Å²) in [6.07, 6.45) is 2.55. The number of nitrogens with zero attached hydrogens (tertiary/aromatic N) is 1. The summed E-state index contributed by atoms with van der Waals surface area (Å²) in [5.74, 6) is -0.275. The van der Waals surface area contributed by atoms with Gasteiger partial charge >= 0.3 is 5.97 Å². The molecule has 0 amide bonds. The van der Waals surface area contributed by atoms with Crippen LogP contribution in [-0.2, 0) is 4.79 Å². The minimum Gasteiger partial charge on any atom is -0.493 e. The molecule has 0 spiro atoms. The second kappa shape index (κ2) is 6.92. The van der Waals surface area contributed by atoms with Crippen molar-refractivity contribution >= 4 is 28.7 Å². The van der Waals surface area contributed by atoms with Gasteiger partial charge in [-0.3, -0.25) is 0 Å². The van der Waals surface area contributed by atoms with E-state index in [1.165, 1.54) is 19.3 Å². The van der Waals surface area contributed by atoms with E-state index >= 15 is 0 Å². The van der Waals surface area contributed by atoms with Crippen LogP contribution in [0.1, 0.15) is 5.56 Å². The first-order valence-corrected chi connectivity index (χ1v) is 7.89. The molecule has 1 aromatic heterocycles. The van der Waals surface area contributed by atoms with Crippen molar-refractivity contribution in [2.75, 3.05) is 26.1 Å². The van der Waals surface area contributed by atoms with Gasteiger partial charge in [-0.15, -0.1) is 0 Å². The van der Waals surface area contributed by atoms with E-state index in [1.54, 1.807) is 43.3 Å². The van der Waals surface area contributed by atoms with Gasteiger partial charge in [-0.1, -0.05) is 0 Å². The lowest BCUT2D eigenvalue weighted by atomic mass is 10.1. The summed E-state index contributed by atoms with van der Waals surface area (Å²) in [6, 6.07) is 10.1. The molecule has 134 valence electrons. The maximum Gasteiger partial charge on any atom is 0.328 e. The maximum atomic E-state index is 13.9. The Bertz CT molecular complexity index is 1000. The van der Waals surface area contributed by atoms with Gasteiger partial charge in [0.2, 0.25) is 0 Å². The van der Waals surface area contributed by atoms with Crippen LogP contribution in [0.15, 0.2) is 46.9 Å². The van der Waals surface area contributed by atoms with Gasteiger partial charge in [0.25, 0.3) is 0 Å². The fourth-order valence-electron chi connectivity index (χ4n) is 2.71. The number of rotatable bonds is 5. The zero-order valence-corrected chi connectivity index (χ0v) is 14.6. The molecule has 5 nitrogen and oxygen atoms in total. The van der Waals surface area contributed by atoms with E-state index < -0.39 is 5.97 Å². The number of aliphatic carboxylic acids is 1.